The zero-order valence-electron chi connectivity index (χ0n) is 14.0. The maximum absolute atomic E-state index is 12.4. The van der Waals surface area contributed by atoms with Gasteiger partial charge in [-0.05, 0) is 24.5 Å². The number of carboxylic acid groups (broad SMARTS) is 1. The predicted octanol–water partition coefficient (Wildman–Crippen LogP) is 1.93. The van der Waals surface area contributed by atoms with Gasteiger partial charge >= 0.3 is 5.97 Å². The summed E-state index contributed by atoms with van der Waals surface area (Å²) in [6.45, 7) is 3.77. The maximum Gasteiger partial charge on any atom is 0.303 e. The molecular weight excluding hydrogens is 330 g/mol. The van der Waals surface area contributed by atoms with Crippen molar-refractivity contribution in [1.82, 2.24) is 5.32 Å². The average molecular weight is 351 g/mol. The summed E-state index contributed by atoms with van der Waals surface area (Å²) in [5, 5.41) is 24.3. The van der Waals surface area contributed by atoms with Crippen molar-refractivity contribution in [3.8, 4) is 0 Å². The molecule has 25 heavy (non-hydrogen) atoms. The van der Waals surface area contributed by atoms with Crippen molar-refractivity contribution in [1.29, 1.82) is 0 Å². The molecule has 1 aromatic rings. The van der Waals surface area contributed by atoms with Gasteiger partial charge in [-0.25, -0.2) is 0 Å². The highest BCUT2D eigenvalue weighted by molar-refractivity contribution is 5.97. The predicted molar refractivity (Wildman–Crippen MR) is 90.0 cm³/mol. The number of nitrogens with one attached hydrogen (secondary N) is 2. The number of nitro benzene ring substituents is 1. The van der Waals surface area contributed by atoms with E-state index in [-0.39, 0.29) is 24.4 Å². The molecule has 0 aliphatic carbocycles. The Kier molecular flexibility index (Phi) is 7.51. The van der Waals surface area contributed by atoms with Crippen LogP contribution >= 0.6 is 0 Å². The lowest BCUT2D eigenvalue weighted by Gasteiger charge is -2.20. The van der Waals surface area contributed by atoms with Crippen LogP contribution in [0.25, 0.3) is 0 Å². The second-order valence-electron chi connectivity index (χ2n) is 5.94. The molecule has 2 amide bonds. The van der Waals surface area contributed by atoms with Crippen molar-refractivity contribution < 1.29 is 24.4 Å². The monoisotopic (exact) mass is 351 g/mol. The van der Waals surface area contributed by atoms with Crippen molar-refractivity contribution in [2.45, 2.75) is 39.2 Å². The third-order valence-electron chi connectivity index (χ3n) is 3.27. The number of amides is 2. The standard InChI is InChI=1S/C16H21N3O6/c1-10(2)9-13(18-14(20)7-8-15(21)22)16(23)17-11-3-5-12(6-4-11)19(24)25/h3-6,10,13H,7-9H2,1-2H3,(H,17,23)(H,18,20)(H,21,22)/t13-/m0/s1. The zero-order chi connectivity index (χ0) is 19.0. The number of hydrogen-bond acceptors (Lipinski definition) is 5. The van der Waals surface area contributed by atoms with Crippen LogP contribution in [0.15, 0.2) is 24.3 Å². The van der Waals surface area contributed by atoms with E-state index in [1.54, 1.807) is 0 Å². The van der Waals surface area contributed by atoms with Crippen molar-refractivity contribution in [2.75, 3.05) is 5.32 Å². The van der Waals surface area contributed by atoms with E-state index in [1.165, 1.54) is 24.3 Å². The lowest BCUT2D eigenvalue weighted by atomic mass is 10.0. The topological polar surface area (TPSA) is 139 Å². The second-order valence-corrected chi connectivity index (χ2v) is 5.94. The first-order valence-corrected chi connectivity index (χ1v) is 7.75. The summed E-state index contributed by atoms with van der Waals surface area (Å²) in [7, 11) is 0. The molecule has 3 N–H and O–H groups in total. The number of anilines is 1. The van der Waals surface area contributed by atoms with Gasteiger partial charge in [0.15, 0.2) is 0 Å². The van der Waals surface area contributed by atoms with Crippen LogP contribution in [0.2, 0.25) is 0 Å². The molecule has 0 spiro atoms. The normalized spacial score (nSPS) is 11.6. The molecule has 0 fully saturated rings. The van der Waals surface area contributed by atoms with E-state index in [4.69, 9.17) is 5.11 Å². The number of benzene rings is 1. The van der Waals surface area contributed by atoms with Gasteiger partial charge in [0, 0.05) is 24.2 Å². The minimum atomic E-state index is -1.09. The number of hydrogen-bond donors (Lipinski definition) is 3. The Morgan fingerprint density at radius 2 is 1.76 bits per heavy atom. The van der Waals surface area contributed by atoms with Gasteiger partial charge in [-0.15, -0.1) is 0 Å². The summed E-state index contributed by atoms with van der Waals surface area (Å²) < 4.78 is 0. The Morgan fingerprint density at radius 1 is 1.16 bits per heavy atom. The molecule has 0 saturated heterocycles. The highest BCUT2D eigenvalue weighted by Crippen LogP contribution is 2.16. The quantitative estimate of drug-likeness (QED) is 0.459. The molecule has 1 rings (SSSR count). The highest BCUT2D eigenvalue weighted by Gasteiger charge is 2.22. The van der Waals surface area contributed by atoms with E-state index in [2.05, 4.69) is 10.6 Å². The van der Waals surface area contributed by atoms with E-state index in [1.807, 2.05) is 13.8 Å². The fourth-order valence-corrected chi connectivity index (χ4v) is 2.09. The summed E-state index contributed by atoms with van der Waals surface area (Å²) in [5.74, 6) is -1.96. The van der Waals surface area contributed by atoms with E-state index < -0.39 is 28.7 Å². The molecule has 0 aliphatic rings. The minimum absolute atomic E-state index is 0.0984. The smallest absolute Gasteiger partial charge is 0.303 e. The molecular formula is C16H21N3O6. The molecule has 0 heterocycles. The van der Waals surface area contributed by atoms with E-state index in [0.717, 1.165) is 0 Å². The zero-order valence-corrected chi connectivity index (χ0v) is 14.0. The Balaban J connectivity index is 2.73. The van der Waals surface area contributed by atoms with Crippen LogP contribution in [0.3, 0.4) is 0 Å². The van der Waals surface area contributed by atoms with Gasteiger partial charge in [-0.3, -0.25) is 24.5 Å². The fraction of sp³-hybridized carbons (Fsp3) is 0.438. The minimum Gasteiger partial charge on any atom is -0.481 e. The molecule has 0 unspecified atom stereocenters. The number of non-ortho nitro benzene ring substituents is 1. The van der Waals surface area contributed by atoms with Gasteiger partial charge in [-0.1, -0.05) is 13.8 Å². The number of carbonyl (C=O) groups excluding carboxylic acids is 2. The first-order valence-electron chi connectivity index (χ1n) is 7.75. The van der Waals surface area contributed by atoms with Gasteiger partial charge in [0.05, 0.1) is 11.3 Å². The molecule has 136 valence electrons. The number of aliphatic carboxylic acids is 1. The first-order chi connectivity index (χ1) is 11.7. The number of carbonyl (C=O) groups is 3. The lowest BCUT2D eigenvalue weighted by Crippen LogP contribution is -2.44. The molecule has 0 aromatic heterocycles. The van der Waals surface area contributed by atoms with Gasteiger partial charge < -0.3 is 15.7 Å². The number of nitrogens with zero attached hydrogens (tertiary/aromatic N) is 1. The molecule has 0 aliphatic heterocycles. The van der Waals surface area contributed by atoms with Crippen LogP contribution in [0, 0.1) is 16.0 Å². The molecule has 1 aromatic carbocycles. The van der Waals surface area contributed by atoms with Gasteiger partial charge in [0.2, 0.25) is 11.8 Å². The van der Waals surface area contributed by atoms with E-state index >= 15 is 0 Å². The van der Waals surface area contributed by atoms with Crippen LogP contribution < -0.4 is 10.6 Å². The maximum atomic E-state index is 12.4. The summed E-state index contributed by atoms with van der Waals surface area (Å²) in [5.41, 5.74) is 0.267. The number of nitro groups is 1. The Morgan fingerprint density at radius 3 is 2.24 bits per heavy atom. The third kappa shape index (κ3) is 7.42. The van der Waals surface area contributed by atoms with Crippen LogP contribution in [0.1, 0.15) is 33.1 Å². The van der Waals surface area contributed by atoms with E-state index in [9.17, 15) is 24.5 Å². The summed E-state index contributed by atoms with van der Waals surface area (Å²) in [6.07, 6.45) is -0.156. The number of carboxylic acids is 1. The largest absolute Gasteiger partial charge is 0.481 e. The van der Waals surface area contributed by atoms with Crippen molar-refractivity contribution in [2.24, 2.45) is 5.92 Å². The van der Waals surface area contributed by atoms with Crippen LogP contribution in [-0.2, 0) is 14.4 Å². The van der Waals surface area contributed by atoms with E-state index in [0.29, 0.717) is 12.1 Å². The van der Waals surface area contributed by atoms with Crippen LogP contribution in [-0.4, -0.2) is 33.9 Å². The molecule has 1 atom stereocenters. The highest BCUT2D eigenvalue weighted by atomic mass is 16.6. The summed E-state index contributed by atoms with van der Waals surface area (Å²) >= 11 is 0. The molecule has 9 heteroatoms. The number of rotatable bonds is 9. The first kappa shape index (κ1) is 20.1. The van der Waals surface area contributed by atoms with Crippen LogP contribution in [0.4, 0.5) is 11.4 Å². The van der Waals surface area contributed by atoms with Gasteiger partial charge in [0.1, 0.15) is 6.04 Å². The Labute approximate surface area is 144 Å². The SMILES string of the molecule is CC(C)C[C@H](NC(=O)CCC(=O)O)C(=O)Nc1ccc([N+](=O)[O-])cc1. The summed E-state index contributed by atoms with van der Waals surface area (Å²) in [4.78, 5) is 44.7. The Bertz CT molecular complexity index is 642. The second kappa shape index (κ2) is 9.36. The average Bonchev–Trinajstić information content (AvgIpc) is 2.52. The lowest BCUT2D eigenvalue weighted by molar-refractivity contribution is -0.384. The van der Waals surface area contributed by atoms with Gasteiger partial charge in [0.25, 0.3) is 5.69 Å². The van der Waals surface area contributed by atoms with Crippen LogP contribution in [0.5, 0.6) is 0 Å². The molecule has 9 nitrogen and oxygen atoms in total. The Hall–Kier alpha value is -2.97. The van der Waals surface area contributed by atoms with Gasteiger partial charge in [-0.2, -0.15) is 0 Å². The van der Waals surface area contributed by atoms with Crippen molar-refractivity contribution in [3.63, 3.8) is 0 Å². The third-order valence-corrected chi connectivity index (χ3v) is 3.27. The summed E-state index contributed by atoms with van der Waals surface area (Å²) in [6, 6.07) is 4.50. The fourth-order valence-electron chi connectivity index (χ4n) is 2.09. The van der Waals surface area contributed by atoms with Crippen molar-refractivity contribution >= 4 is 29.2 Å². The molecule has 0 saturated carbocycles. The molecule has 0 radical (unpaired) electrons. The molecule has 0 bridgehead atoms. The van der Waals surface area contributed by atoms with Crippen molar-refractivity contribution in [3.05, 3.63) is 34.4 Å².